The van der Waals surface area contributed by atoms with Crippen LogP contribution >= 0.6 is 11.8 Å². The molecule has 6 nitrogen and oxygen atoms in total. The highest BCUT2D eigenvalue weighted by Crippen LogP contribution is 2.30. The van der Waals surface area contributed by atoms with E-state index in [0.717, 1.165) is 11.8 Å². The van der Waals surface area contributed by atoms with Gasteiger partial charge < -0.3 is 5.73 Å². The van der Waals surface area contributed by atoms with Gasteiger partial charge in [-0.15, -0.1) is 0 Å². The summed E-state index contributed by atoms with van der Waals surface area (Å²) in [5.74, 6) is -0.295. The Labute approximate surface area is 115 Å². The minimum absolute atomic E-state index is 0.0332. The molecule has 0 atom stereocenters. The second-order valence-corrected chi connectivity index (χ2v) is 5.15. The number of carbonyl (C=O) groups excluding carboxylic acids is 1. The fourth-order valence-electron chi connectivity index (χ4n) is 1.70. The number of hydrogen-bond acceptors (Lipinski definition) is 5. The van der Waals surface area contributed by atoms with Crippen LogP contribution in [0.15, 0.2) is 5.03 Å². The summed E-state index contributed by atoms with van der Waals surface area (Å²) in [5.41, 5.74) is 12.1. The molecule has 0 saturated carbocycles. The molecule has 1 heterocycles. The maximum Gasteiger partial charge on any atom is 0.289 e. The number of aromatic nitrogens is 1. The van der Waals surface area contributed by atoms with Gasteiger partial charge in [0.1, 0.15) is 23.3 Å². The number of anilines is 1. The SMILES string of the molecule is CC(C)c1c(C#N)c(N)[nH+]c(SCC(N)=O)c1C#N. The Bertz CT molecular complexity index is 598. The molecule has 0 unspecified atom stereocenters. The number of nitriles is 2. The number of carbonyl (C=O) groups is 1. The van der Waals surface area contributed by atoms with Gasteiger partial charge in [-0.25, -0.2) is 4.98 Å². The van der Waals surface area contributed by atoms with Gasteiger partial charge in [0, 0.05) is 5.56 Å². The van der Waals surface area contributed by atoms with Crippen LogP contribution in [-0.2, 0) is 4.79 Å². The summed E-state index contributed by atoms with van der Waals surface area (Å²) in [5, 5.41) is 18.9. The molecule has 0 aliphatic carbocycles. The van der Waals surface area contributed by atoms with Crippen LogP contribution in [-0.4, -0.2) is 11.7 Å². The lowest BCUT2D eigenvalue weighted by Crippen LogP contribution is -2.22. The zero-order chi connectivity index (χ0) is 14.6. The molecule has 0 fully saturated rings. The summed E-state index contributed by atoms with van der Waals surface area (Å²) >= 11 is 1.10. The number of nitrogens with one attached hydrogen (secondary N) is 1. The zero-order valence-corrected chi connectivity index (χ0v) is 11.5. The normalized spacial score (nSPS) is 9.95. The maximum absolute atomic E-state index is 10.8. The second kappa shape index (κ2) is 6.07. The number of nitrogens with two attached hydrogens (primary N) is 2. The van der Waals surface area contributed by atoms with Crippen molar-refractivity contribution in [1.82, 2.24) is 0 Å². The van der Waals surface area contributed by atoms with Crippen molar-refractivity contribution in [2.45, 2.75) is 24.8 Å². The number of amides is 1. The lowest BCUT2D eigenvalue weighted by Gasteiger charge is -2.11. The van der Waals surface area contributed by atoms with Gasteiger partial charge in [0.25, 0.3) is 5.82 Å². The molecule has 0 spiro atoms. The summed E-state index contributed by atoms with van der Waals surface area (Å²) in [6, 6.07) is 4.06. The number of rotatable bonds is 4. The minimum atomic E-state index is -0.490. The molecule has 1 aromatic rings. The van der Waals surface area contributed by atoms with E-state index in [1.54, 1.807) is 0 Å². The molecule has 19 heavy (non-hydrogen) atoms. The highest BCUT2D eigenvalue weighted by Gasteiger charge is 2.24. The monoisotopic (exact) mass is 276 g/mol. The number of aromatic amines is 1. The van der Waals surface area contributed by atoms with Gasteiger partial charge in [0.05, 0.1) is 5.75 Å². The van der Waals surface area contributed by atoms with Crippen molar-refractivity contribution in [2.24, 2.45) is 5.73 Å². The largest absolute Gasteiger partial charge is 0.369 e. The van der Waals surface area contributed by atoms with E-state index in [1.165, 1.54) is 0 Å². The van der Waals surface area contributed by atoms with Gasteiger partial charge >= 0.3 is 0 Å². The van der Waals surface area contributed by atoms with Gasteiger partial charge in [0.15, 0.2) is 5.03 Å². The van der Waals surface area contributed by atoms with Crippen molar-refractivity contribution in [2.75, 3.05) is 11.5 Å². The van der Waals surface area contributed by atoms with Crippen LogP contribution in [0.1, 0.15) is 36.5 Å². The number of thioether (sulfide) groups is 1. The smallest absolute Gasteiger partial charge is 0.289 e. The topological polar surface area (TPSA) is 131 Å². The van der Waals surface area contributed by atoms with E-state index in [0.29, 0.717) is 16.2 Å². The van der Waals surface area contributed by atoms with Crippen molar-refractivity contribution >= 4 is 23.5 Å². The van der Waals surface area contributed by atoms with Crippen LogP contribution < -0.4 is 16.5 Å². The first kappa shape index (κ1) is 14.8. The molecular formula is C12H14N5OS+. The lowest BCUT2D eigenvalue weighted by atomic mass is 9.94. The van der Waals surface area contributed by atoms with E-state index in [4.69, 9.17) is 16.7 Å². The number of H-pyrrole nitrogens is 1. The Morgan fingerprint density at radius 3 is 2.37 bits per heavy atom. The molecular weight excluding hydrogens is 262 g/mol. The molecule has 0 bridgehead atoms. The van der Waals surface area contributed by atoms with E-state index in [1.807, 2.05) is 19.9 Å². The van der Waals surface area contributed by atoms with Crippen molar-refractivity contribution in [3.8, 4) is 12.1 Å². The van der Waals surface area contributed by atoms with Crippen LogP contribution in [0.4, 0.5) is 5.82 Å². The van der Waals surface area contributed by atoms with Crippen molar-refractivity contribution < 1.29 is 9.78 Å². The molecule has 0 aliphatic rings. The first-order chi connectivity index (χ1) is 8.92. The summed E-state index contributed by atoms with van der Waals surface area (Å²) in [6.45, 7) is 3.75. The number of nitrogen functional groups attached to an aromatic ring is 1. The number of pyridine rings is 1. The molecule has 0 aromatic carbocycles. The second-order valence-electron chi connectivity index (χ2n) is 4.16. The van der Waals surface area contributed by atoms with E-state index in [-0.39, 0.29) is 23.1 Å². The van der Waals surface area contributed by atoms with Crippen molar-refractivity contribution in [3.05, 3.63) is 16.7 Å². The lowest BCUT2D eigenvalue weighted by molar-refractivity contribution is -0.410. The summed E-state index contributed by atoms with van der Waals surface area (Å²) < 4.78 is 0. The average molecular weight is 276 g/mol. The quantitative estimate of drug-likeness (QED) is 0.774. The fourth-order valence-corrected chi connectivity index (χ4v) is 2.47. The Kier molecular flexibility index (Phi) is 4.74. The molecule has 5 N–H and O–H groups in total. The number of primary amides is 1. The first-order valence-electron chi connectivity index (χ1n) is 5.52. The highest BCUT2D eigenvalue weighted by molar-refractivity contribution is 7.99. The summed E-state index contributed by atoms with van der Waals surface area (Å²) in [6.07, 6.45) is 0. The molecule has 7 heteroatoms. The van der Waals surface area contributed by atoms with E-state index in [2.05, 4.69) is 11.1 Å². The van der Waals surface area contributed by atoms with E-state index < -0.39 is 5.91 Å². The first-order valence-corrected chi connectivity index (χ1v) is 6.50. The van der Waals surface area contributed by atoms with Crippen LogP contribution in [0.5, 0.6) is 0 Å². The third-order valence-corrected chi connectivity index (χ3v) is 3.47. The summed E-state index contributed by atoms with van der Waals surface area (Å²) in [7, 11) is 0. The van der Waals surface area contributed by atoms with Gasteiger partial charge in [-0.3, -0.25) is 10.5 Å². The Morgan fingerprint density at radius 2 is 1.95 bits per heavy atom. The number of nitrogens with zero attached hydrogens (tertiary/aromatic N) is 2. The third-order valence-electron chi connectivity index (χ3n) is 2.44. The van der Waals surface area contributed by atoms with Crippen molar-refractivity contribution in [1.29, 1.82) is 10.5 Å². The molecule has 98 valence electrons. The van der Waals surface area contributed by atoms with Gasteiger partial charge in [-0.05, 0) is 5.92 Å². The fraction of sp³-hybridized carbons (Fsp3) is 0.333. The molecule has 1 aromatic heterocycles. The van der Waals surface area contributed by atoms with Crippen LogP contribution in [0.25, 0.3) is 0 Å². The average Bonchev–Trinajstić information content (AvgIpc) is 2.34. The molecule has 1 amide bonds. The predicted molar refractivity (Wildman–Crippen MR) is 70.8 cm³/mol. The number of hydrogen-bond donors (Lipinski definition) is 2. The van der Waals surface area contributed by atoms with Crippen LogP contribution in [0.3, 0.4) is 0 Å². The minimum Gasteiger partial charge on any atom is -0.369 e. The van der Waals surface area contributed by atoms with Crippen LogP contribution in [0.2, 0.25) is 0 Å². The van der Waals surface area contributed by atoms with E-state index >= 15 is 0 Å². The maximum atomic E-state index is 10.8. The zero-order valence-electron chi connectivity index (χ0n) is 10.7. The molecule has 0 aliphatic heterocycles. The summed E-state index contributed by atoms with van der Waals surface area (Å²) in [4.78, 5) is 13.6. The predicted octanol–water partition coefficient (Wildman–Crippen LogP) is 0.527. The molecule has 0 saturated heterocycles. The van der Waals surface area contributed by atoms with E-state index in [9.17, 15) is 10.1 Å². The Hall–Kier alpha value is -2.25. The highest BCUT2D eigenvalue weighted by atomic mass is 32.2. The van der Waals surface area contributed by atoms with Gasteiger partial charge in [-0.2, -0.15) is 10.5 Å². The van der Waals surface area contributed by atoms with Crippen molar-refractivity contribution in [3.63, 3.8) is 0 Å². The molecule has 0 radical (unpaired) electrons. The third kappa shape index (κ3) is 3.15. The Morgan fingerprint density at radius 1 is 1.37 bits per heavy atom. The van der Waals surface area contributed by atoms with Gasteiger partial charge in [0.2, 0.25) is 5.91 Å². The van der Waals surface area contributed by atoms with Crippen LogP contribution in [0, 0.1) is 22.7 Å². The standard InChI is InChI=1S/C12H13N5OS/c1-6(2)10-7(3-13)11(16)17-12(8(10)4-14)19-5-9(15)18/h6H,5H2,1-2H3,(H2,15,18)(H2,16,17)/p+1. The Balaban J connectivity index is 3.47. The van der Waals surface area contributed by atoms with Gasteiger partial charge in [-0.1, -0.05) is 25.6 Å². The molecule has 1 rings (SSSR count).